The topological polar surface area (TPSA) is 12.5 Å². The van der Waals surface area contributed by atoms with Crippen LogP contribution < -0.4 is 0 Å². The van der Waals surface area contributed by atoms with Crippen molar-refractivity contribution in [3.63, 3.8) is 0 Å². The lowest BCUT2D eigenvalue weighted by molar-refractivity contribution is 0.0405. The molecule has 3 unspecified atom stereocenters. The van der Waals surface area contributed by atoms with E-state index < -0.39 is 0 Å². The van der Waals surface area contributed by atoms with Crippen molar-refractivity contribution in [1.82, 2.24) is 4.90 Å². The minimum atomic E-state index is 0. The van der Waals surface area contributed by atoms with E-state index in [0.717, 1.165) is 13.0 Å². The number of nitrogens with zero attached hydrogens (tertiary/aromatic N) is 1. The van der Waals surface area contributed by atoms with Crippen LogP contribution in [0.25, 0.3) is 0 Å². The van der Waals surface area contributed by atoms with E-state index in [-0.39, 0.29) is 12.4 Å². The Morgan fingerprint density at radius 1 is 0.829 bits per heavy atom. The van der Waals surface area contributed by atoms with Gasteiger partial charge in [-0.25, -0.2) is 0 Å². The number of thioether (sulfide) groups is 1. The van der Waals surface area contributed by atoms with E-state index in [1.807, 2.05) is 0 Å². The second-order valence-electron chi connectivity index (χ2n) is 10.5. The van der Waals surface area contributed by atoms with Gasteiger partial charge in [0.1, 0.15) is 0 Å². The fourth-order valence-corrected chi connectivity index (χ4v) is 8.03. The predicted molar refractivity (Wildman–Crippen MR) is 149 cm³/mol. The van der Waals surface area contributed by atoms with Crippen LogP contribution in [0.3, 0.4) is 0 Å². The van der Waals surface area contributed by atoms with Crippen molar-refractivity contribution in [3.05, 3.63) is 102 Å². The number of halogens is 1. The van der Waals surface area contributed by atoms with Crippen LogP contribution in [-0.2, 0) is 16.8 Å². The zero-order valence-electron chi connectivity index (χ0n) is 20.4. The highest BCUT2D eigenvalue weighted by atomic mass is 35.5. The van der Waals surface area contributed by atoms with Crippen molar-refractivity contribution in [3.8, 4) is 0 Å². The van der Waals surface area contributed by atoms with Gasteiger partial charge in [0.2, 0.25) is 0 Å². The summed E-state index contributed by atoms with van der Waals surface area (Å²) in [5.74, 6) is 2.54. The van der Waals surface area contributed by atoms with Gasteiger partial charge in [0.05, 0.1) is 12.7 Å². The number of rotatable bonds is 6. The highest BCUT2D eigenvalue weighted by Crippen LogP contribution is 2.50. The maximum Gasteiger partial charge on any atom is 0.0720 e. The molecular weight excluding hydrogens is 470 g/mol. The molecule has 3 aromatic carbocycles. The van der Waals surface area contributed by atoms with Gasteiger partial charge >= 0.3 is 0 Å². The lowest BCUT2D eigenvalue weighted by atomic mass is 9.74. The highest BCUT2D eigenvalue weighted by molar-refractivity contribution is 7.99. The summed E-state index contributed by atoms with van der Waals surface area (Å²) in [4.78, 5) is 4.28. The Hall–Kier alpha value is -1.78. The molecule has 1 spiro atoms. The molecule has 3 aliphatic rings. The minimum Gasteiger partial charge on any atom is -0.374 e. The molecular formula is C31H36ClNOS. The summed E-state index contributed by atoms with van der Waals surface area (Å²) < 4.78 is 6.45. The molecule has 2 fully saturated rings. The lowest BCUT2D eigenvalue weighted by Crippen LogP contribution is -2.44. The Bertz CT molecular complexity index is 1080. The number of fused-ring (bicyclic) bond motifs is 2. The van der Waals surface area contributed by atoms with Crippen molar-refractivity contribution in [1.29, 1.82) is 0 Å². The molecule has 1 saturated heterocycles. The number of piperidine rings is 1. The van der Waals surface area contributed by atoms with Gasteiger partial charge in [-0.15, -0.1) is 24.2 Å². The number of hydrogen-bond donors (Lipinski definition) is 0. The first kappa shape index (κ1) is 24.9. The van der Waals surface area contributed by atoms with Crippen LogP contribution in [0.2, 0.25) is 0 Å². The SMILES string of the molecule is Cl.c1ccc(COC2CC(CN3CCC4(CC3)CSc3ccccc34)C(c3ccccc3)C2)cc1. The fourth-order valence-electron chi connectivity index (χ4n) is 6.54. The quantitative estimate of drug-likeness (QED) is 0.348. The van der Waals surface area contributed by atoms with Gasteiger partial charge < -0.3 is 9.64 Å². The molecule has 2 aliphatic heterocycles. The molecule has 4 heteroatoms. The van der Waals surface area contributed by atoms with Crippen molar-refractivity contribution in [2.45, 2.75) is 54.6 Å². The van der Waals surface area contributed by atoms with Crippen LogP contribution in [0.1, 0.15) is 48.3 Å². The standard InChI is InChI=1S/C31H35NOS.ClH/c1-3-9-24(10-4-1)22-33-27-19-26(28(20-27)25-11-5-2-6-12-25)21-32-17-15-31(16-18-32)23-34-30-14-8-7-13-29(30)31;/h1-14,26-28H,15-23H2;1H. The van der Waals surface area contributed by atoms with E-state index in [1.165, 1.54) is 60.7 Å². The van der Waals surface area contributed by atoms with Gasteiger partial charge in [0.25, 0.3) is 0 Å². The smallest absolute Gasteiger partial charge is 0.0720 e. The third kappa shape index (κ3) is 5.34. The second-order valence-corrected chi connectivity index (χ2v) is 11.6. The van der Waals surface area contributed by atoms with E-state index in [4.69, 9.17) is 4.74 Å². The van der Waals surface area contributed by atoms with Crippen LogP contribution in [0, 0.1) is 5.92 Å². The van der Waals surface area contributed by atoms with Crippen molar-refractivity contribution in [2.75, 3.05) is 25.4 Å². The van der Waals surface area contributed by atoms with E-state index in [9.17, 15) is 0 Å². The van der Waals surface area contributed by atoms with Crippen molar-refractivity contribution < 1.29 is 4.74 Å². The first-order valence-electron chi connectivity index (χ1n) is 12.9. The average Bonchev–Trinajstić information content (AvgIpc) is 3.47. The van der Waals surface area contributed by atoms with E-state index >= 15 is 0 Å². The molecule has 2 heterocycles. The third-order valence-corrected chi connectivity index (χ3v) is 9.84. The summed E-state index contributed by atoms with van der Waals surface area (Å²) in [5, 5.41) is 0. The molecule has 1 aliphatic carbocycles. The summed E-state index contributed by atoms with van der Waals surface area (Å²) in [6.45, 7) is 4.38. The molecule has 184 valence electrons. The fraction of sp³-hybridized carbons (Fsp3) is 0.419. The van der Waals surface area contributed by atoms with Gasteiger partial charge in [0.15, 0.2) is 0 Å². The maximum absolute atomic E-state index is 6.45. The summed E-state index contributed by atoms with van der Waals surface area (Å²) in [5.41, 5.74) is 4.80. The molecule has 0 amide bonds. The van der Waals surface area contributed by atoms with Gasteiger partial charge in [-0.3, -0.25) is 0 Å². The summed E-state index contributed by atoms with van der Waals surface area (Å²) >= 11 is 2.07. The predicted octanol–water partition coefficient (Wildman–Crippen LogP) is 7.33. The van der Waals surface area contributed by atoms with Crippen LogP contribution in [0.5, 0.6) is 0 Å². The first-order chi connectivity index (χ1) is 16.8. The Kier molecular flexibility index (Phi) is 7.89. The molecule has 0 bridgehead atoms. The Morgan fingerprint density at radius 3 is 2.29 bits per heavy atom. The van der Waals surface area contributed by atoms with Crippen LogP contribution >= 0.6 is 24.2 Å². The third-order valence-electron chi connectivity index (χ3n) is 8.48. The Morgan fingerprint density at radius 2 is 1.51 bits per heavy atom. The molecule has 0 N–H and O–H groups in total. The average molecular weight is 506 g/mol. The Labute approximate surface area is 220 Å². The number of likely N-dealkylation sites (tertiary alicyclic amines) is 1. The van der Waals surface area contributed by atoms with E-state index in [2.05, 4.69) is 102 Å². The normalized spacial score (nSPS) is 25.3. The summed E-state index contributed by atoms with van der Waals surface area (Å²) in [7, 11) is 0. The molecule has 2 nitrogen and oxygen atoms in total. The van der Waals surface area contributed by atoms with Crippen molar-refractivity contribution >= 4 is 24.2 Å². The van der Waals surface area contributed by atoms with Gasteiger partial charge in [-0.1, -0.05) is 78.9 Å². The molecule has 0 aromatic heterocycles. The van der Waals surface area contributed by atoms with Crippen molar-refractivity contribution in [2.24, 2.45) is 5.92 Å². The lowest BCUT2D eigenvalue weighted by Gasteiger charge is -2.41. The number of ether oxygens (including phenoxy) is 1. The molecule has 35 heavy (non-hydrogen) atoms. The second kappa shape index (κ2) is 11.1. The largest absolute Gasteiger partial charge is 0.374 e. The van der Waals surface area contributed by atoms with Gasteiger partial charge in [-0.05, 0) is 73.4 Å². The zero-order valence-corrected chi connectivity index (χ0v) is 22.0. The zero-order chi connectivity index (χ0) is 22.8. The van der Waals surface area contributed by atoms with E-state index in [1.54, 1.807) is 5.56 Å². The van der Waals surface area contributed by atoms with E-state index in [0.29, 0.717) is 23.4 Å². The molecule has 1 saturated carbocycles. The highest BCUT2D eigenvalue weighted by Gasteiger charge is 2.43. The maximum atomic E-state index is 6.45. The van der Waals surface area contributed by atoms with Crippen LogP contribution in [0.4, 0.5) is 0 Å². The first-order valence-corrected chi connectivity index (χ1v) is 13.9. The van der Waals surface area contributed by atoms with Crippen LogP contribution in [-0.4, -0.2) is 36.4 Å². The Balaban J connectivity index is 0.00000253. The molecule has 3 atom stereocenters. The number of hydrogen-bond acceptors (Lipinski definition) is 3. The summed E-state index contributed by atoms with van der Waals surface area (Å²) in [6.07, 6.45) is 5.27. The van der Waals surface area contributed by atoms with Gasteiger partial charge in [0, 0.05) is 22.6 Å². The van der Waals surface area contributed by atoms with Crippen LogP contribution in [0.15, 0.2) is 89.8 Å². The van der Waals surface area contributed by atoms with Gasteiger partial charge in [-0.2, -0.15) is 0 Å². The summed E-state index contributed by atoms with van der Waals surface area (Å²) in [6, 6.07) is 31.0. The monoisotopic (exact) mass is 505 g/mol. The molecule has 0 radical (unpaired) electrons. The molecule has 6 rings (SSSR count). The minimum absolute atomic E-state index is 0. The number of benzene rings is 3. The molecule has 3 aromatic rings.